The fraction of sp³-hybridized carbons (Fsp3) is 0.267. The molecule has 0 bridgehead atoms. The van der Waals surface area contributed by atoms with Gasteiger partial charge in [0.25, 0.3) is 0 Å². The number of nitrogens with zero attached hydrogens (tertiary/aromatic N) is 3. The Morgan fingerprint density at radius 1 is 1.21 bits per heavy atom. The van der Waals surface area contributed by atoms with Crippen LogP contribution >= 0.6 is 0 Å². The molecule has 0 aliphatic heterocycles. The summed E-state index contributed by atoms with van der Waals surface area (Å²) in [6.45, 7) is 2.19. The van der Waals surface area contributed by atoms with Gasteiger partial charge in [-0.1, -0.05) is 13.3 Å². The third-order valence-electron chi connectivity index (χ3n) is 3.25. The summed E-state index contributed by atoms with van der Waals surface area (Å²) in [6.07, 6.45) is 8.61. The van der Waals surface area contributed by atoms with E-state index in [9.17, 15) is 0 Å². The number of hydrogen-bond donors (Lipinski definition) is 1. The van der Waals surface area contributed by atoms with Crippen LogP contribution in [0.25, 0.3) is 22.3 Å². The first kappa shape index (κ1) is 11.8. The minimum absolute atomic E-state index is 0.795. The van der Waals surface area contributed by atoms with Crippen LogP contribution in [-0.4, -0.2) is 19.9 Å². The largest absolute Gasteiger partial charge is 0.343 e. The van der Waals surface area contributed by atoms with E-state index in [1.54, 1.807) is 6.33 Å². The topological polar surface area (TPSA) is 54.5 Å². The molecule has 0 aliphatic rings. The van der Waals surface area contributed by atoms with Gasteiger partial charge in [0.15, 0.2) is 5.65 Å². The van der Waals surface area contributed by atoms with Crippen LogP contribution in [0, 0.1) is 0 Å². The molecule has 0 aliphatic carbocycles. The molecule has 0 saturated carbocycles. The van der Waals surface area contributed by atoms with Crippen molar-refractivity contribution in [3.63, 3.8) is 0 Å². The van der Waals surface area contributed by atoms with Crippen molar-refractivity contribution in [2.24, 2.45) is 0 Å². The molecule has 0 amide bonds. The summed E-state index contributed by atoms with van der Waals surface area (Å²) < 4.78 is 0. The lowest BCUT2D eigenvalue weighted by molar-refractivity contribution is 0.780. The molecule has 3 aromatic heterocycles. The number of H-pyrrole nitrogens is 1. The van der Waals surface area contributed by atoms with Crippen LogP contribution in [0.15, 0.2) is 36.9 Å². The molecule has 19 heavy (non-hydrogen) atoms. The summed E-state index contributed by atoms with van der Waals surface area (Å²) in [5.41, 5.74) is 5.22. The number of aromatic amines is 1. The monoisotopic (exact) mass is 252 g/mol. The van der Waals surface area contributed by atoms with Crippen molar-refractivity contribution in [3.8, 4) is 11.1 Å². The van der Waals surface area contributed by atoms with Crippen molar-refractivity contribution in [2.45, 2.75) is 26.2 Å². The van der Waals surface area contributed by atoms with Gasteiger partial charge in [-0.3, -0.25) is 4.98 Å². The number of imidazole rings is 1. The molecule has 0 atom stereocenters. The zero-order valence-electron chi connectivity index (χ0n) is 10.9. The number of unbranched alkanes of at least 4 members (excludes halogenated alkanes) is 1. The van der Waals surface area contributed by atoms with Gasteiger partial charge >= 0.3 is 0 Å². The Morgan fingerprint density at radius 3 is 2.84 bits per heavy atom. The van der Waals surface area contributed by atoms with Gasteiger partial charge in [0.2, 0.25) is 0 Å². The van der Waals surface area contributed by atoms with Gasteiger partial charge in [-0.25, -0.2) is 9.97 Å². The molecule has 3 rings (SSSR count). The van der Waals surface area contributed by atoms with Gasteiger partial charge in [0.05, 0.1) is 17.5 Å². The van der Waals surface area contributed by atoms with Crippen molar-refractivity contribution >= 4 is 11.2 Å². The first-order valence-electron chi connectivity index (χ1n) is 6.62. The van der Waals surface area contributed by atoms with Gasteiger partial charge < -0.3 is 4.98 Å². The molecule has 3 aromatic rings. The molecule has 4 heteroatoms. The van der Waals surface area contributed by atoms with E-state index in [1.807, 2.05) is 24.5 Å². The summed E-state index contributed by atoms with van der Waals surface area (Å²) in [5, 5.41) is 0. The molecule has 0 unspecified atom stereocenters. The SMILES string of the molecule is CCCCc1nc2nc[nH]c2cc1-c1ccncc1. The van der Waals surface area contributed by atoms with E-state index < -0.39 is 0 Å². The standard InChI is InChI=1S/C15H16N4/c1-2-3-4-13-12(11-5-7-16-8-6-11)9-14-15(19-13)18-10-17-14/h5-10H,2-4H2,1H3,(H,17,18,19). The second-order valence-electron chi connectivity index (χ2n) is 4.60. The normalized spacial score (nSPS) is 11.0. The quantitative estimate of drug-likeness (QED) is 0.774. The van der Waals surface area contributed by atoms with Gasteiger partial charge in [-0.15, -0.1) is 0 Å². The molecule has 0 saturated heterocycles. The smallest absolute Gasteiger partial charge is 0.177 e. The highest BCUT2D eigenvalue weighted by Gasteiger charge is 2.10. The van der Waals surface area contributed by atoms with E-state index in [0.717, 1.165) is 41.7 Å². The predicted molar refractivity (Wildman–Crippen MR) is 75.7 cm³/mol. The van der Waals surface area contributed by atoms with Crippen LogP contribution in [0.4, 0.5) is 0 Å². The number of fused-ring (bicyclic) bond motifs is 1. The maximum Gasteiger partial charge on any atom is 0.177 e. The van der Waals surface area contributed by atoms with Gasteiger partial charge in [0.1, 0.15) is 0 Å². The first-order chi connectivity index (χ1) is 9.38. The lowest BCUT2D eigenvalue weighted by Gasteiger charge is -2.08. The van der Waals surface area contributed by atoms with E-state index in [2.05, 4.69) is 32.9 Å². The van der Waals surface area contributed by atoms with Crippen LogP contribution in [0.2, 0.25) is 0 Å². The van der Waals surface area contributed by atoms with Crippen molar-refractivity contribution in [1.82, 2.24) is 19.9 Å². The Morgan fingerprint density at radius 2 is 2.05 bits per heavy atom. The Kier molecular flexibility index (Phi) is 3.23. The second-order valence-corrected chi connectivity index (χ2v) is 4.60. The van der Waals surface area contributed by atoms with Crippen LogP contribution in [0.5, 0.6) is 0 Å². The van der Waals surface area contributed by atoms with Crippen LogP contribution in [0.3, 0.4) is 0 Å². The van der Waals surface area contributed by atoms with Crippen molar-refractivity contribution < 1.29 is 0 Å². The number of aromatic nitrogens is 4. The van der Waals surface area contributed by atoms with E-state index >= 15 is 0 Å². The van der Waals surface area contributed by atoms with Crippen molar-refractivity contribution in [2.75, 3.05) is 0 Å². The summed E-state index contributed by atoms with van der Waals surface area (Å²) >= 11 is 0. The molecule has 0 fully saturated rings. The van der Waals surface area contributed by atoms with Gasteiger partial charge in [-0.2, -0.15) is 0 Å². The third-order valence-corrected chi connectivity index (χ3v) is 3.25. The first-order valence-corrected chi connectivity index (χ1v) is 6.62. The molecule has 96 valence electrons. The fourth-order valence-electron chi connectivity index (χ4n) is 2.22. The minimum Gasteiger partial charge on any atom is -0.343 e. The van der Waals surface area contributed by atoms with E-state index in [4.69, 9.17) is 0 Å². The molecule has 3 heterocycles. The Hall–Kier alpha value is -2.23. The van der Waals surface area contributed by atoms with Crippen LogP contribution < -0.4 is 0 Å². The molecule has 1 N–H and O–H groups in total. The average molecular weight is 252 g/mol. The minimum atomic E-state index is 0.795. The zero-order chi connectivity index (χ0) is 13.1. The number of aryl methyl sites for hydroxylation is 1. The summed E-state index contributed by atoms with van der Waals surface area (Å²) in [4.78, 5) is 16.1. The second kappa shape index (κ2) is 5.18. The number of nitrogens with one attached hydrogen (secondary N) is 1. The van der Waals surface area contributed by atoms with Gasteiger partial charge in [-0.05, 0) is 36.6 Å². The zero-order valence-corrected chi connectivity index (χ0v) is 10.9. The molecule has 4 nitrogen and oxygen atoms in total. The molecule has 0 aromatic carbocycles. The Bertz CT molecular complexity index is 673. The third kappa shape index (κ3) is 2.34. The van der Waals surface area contributed by atoms with E-state index in [-0.39, 0.29) is 0 Å². The summed E-state index contributed by atoms with van der Waals surface area (Å²) in [6, 6.07) is 6.18. The Balaban J connectivity index is 2.13. The average Bonchev–Trinajstić information content (AvgIpc) is 2.92. The van der Waals surface area contributed by atoms with E-state index in [1.165, 1.54) is 5.56 Å². The molecule has 0 spiro atoms. The number of rotatable bonds is 4. The fourth-order valence-corrected chi connectivity index (χ4v) is 2.22. The van der Waals surface area contributed by atoms with Crippen LogP contribution in [0.1, 0.15) is 25.5 Å². The lowest BCUT2D eigenvalue weighted by atomic mass is 10.0. The predicted octanol–water partition coefficient (Wildman–Crippen LogP) is 3.36. The highest BCUT2D eigenvalue weighted by molar-refractivity contribution is 5.79. The molecular formula is C15H16N4. The van der Waals surface area contributed by atoms with E-state index in [0.29, 0.717) is 0 Å². The lowest BCUT2D eigenvalue weighted by Crippen LogP contribution is -1.96. The highest BCUT2D eigenvalue weighted by atomic mass is 15.0. The van der Waals surface area contributed by atoms with Crippen molar-refractivity contribution in [1.29, 1.82) is 0 Å². The Labute approximate surface area is 111 Å². The maximum atomic E-state index is 4.69. The summed E-state index contributed by atoms with van der Waals surface area (Å²) in [7, 11) is 0. The van der Waals surface area contributed by atoms with Crippen LogP contribution in [-0.2, 0) is 6.42 Å². The van der Waals surface area contributed by atoms with Gasteiger partial charge in [0, 0.05) is 18.0 Å². The molecule has 0 radical (unpaired) electrons. The molecular weight excluding hydrogens is 236 g/mol. The number of pyridine rings is 2. The van der Waals surface area contributed by atoms with Crippen molar-refractivity contribution in [3.05, 3.63) is 42.6 Å². The maximum absolute atomic E-state index is 4.69. The number of hydrogen-bond acceptors (Lipinski definition) is 3. The summed E-state index contributed by atoms with van der Waals surface area (Å²) in [5.74, 6) is 0. The highest BCUT2D eigenvalue weighted by Crippen LogP contribution is 2.26.